The molecular weight excluding hydrogens is 505 g/mol. The van der Waals surface area contributed by atoms with Crippen LogP contribution < -0.4 is 9.47 Å². The minimum absolute atomic E-state index is 0.0703. The molecule has 2 heterocycles. The minimum Gasteiger partial charge on any atom is -0.494 e. The van der Waals surface area contributed by atoms with Crippen LogP contribution in [0.2, 0.25) is 0 Å². The Balaban J connectivity index is 1.79. The standard InChI is InChI=1S/C21H18N2O6S4/c1-5-28-18(24)9(7-22)19-32-14-10(26-3)12-13(11(27-4)15(14)33-19)31-17-16(30-12)21(17,8-23)20(25)29-6-2/h16-17H,5-6H2,1-4H3. The fourth-order valence-corrected chi connectivity index (χ4v) is 10.1. The number of nitrogens with zero attached hydrogens (tertiary/aromatic N) is 2. The second-order valence-electron chi connectivity index (χ2n) is 6.86. The topological polar surface area (TPSA) is 119 Å². The van der Waals surface area contributed by atoms with Gasteiger partial charge in [-0.25, -0.2) is 4.79 Å². The van der Waals surface area contributed by atoms with Crippen LogP contribution in [-0.2, 0) is 19.1 Å². The van der Waals surface area contributed by atoms with E-state index >= 15 is 0 Å². The molecule has 0 aromatic heterocycles. The number of esters is 2. The number of ether oxygens (including phenoxy) is 4. The van der Waals surface area contributed by atoms with Crippen molar-refractivity contribution in [3.63, 3.8) is 0 Å². The zero-order valence-corrected chi connectivity index (χ0v) is 21.3. The van der Waals surface area contributed by atoms with Gasteiger partial charge in [-0.15, -0.1) is 23.5 Å². The lowest BCUT2D eigenvalue weighted by atomic mass is 10.1. The highest BCUT2D eigenvalue weighted by atomic mass is 32.2. The number of methoxy groups -OCH3 is 2. The summed E-state index contributed by atoms with van der Waals surface area (Å²) in [6.45, 7) is 3.76. The molecule has 1 aromatic carbocycles. The molecule has 1 fully saturated rings. The second-order valence-corrected chi connectivity index (χ2v) is 11.5. The number of carbonyl (C=O) groups excluding carboxylic acids is 2. The van der Waals surface area contributed by atoms with Gasteiger partial charge in [0, 0.05) is 0 Å². The third-order valence-corrected chi connectivity index (χ3v) is 11.1. The second kappa shape index (κ2) is 9.26. The van der Waals surface area contributed by atoms with E-state index in [0.29, 0.717) is 15.7 Å². The highest BCUT2D eigenvalue weighted by Gasteiger charge is 2.75. The summed E-state index contributed by atoms with van der Waals surface area (Å²) in [7, 11) is 3.08. The molecule has 0 radical (unpaired) electrons. The van der Waals surface area contributed by atoms with Crippen molar-refractivity contribution in [1.29, 1.82) is 10.5 Å². The lowest BCUT2D eigenvalue weighted by molar-refractivity contribution is -0.147. The predicted molar refractivity (Wildman–Crippen MR) is 125 cm³/mol. The fourth-order valence-electron chi connectivity index (χ4n) is 3.62. The molecule has 2 aliphatic heterocycles. The van der Waals surface area contributed by atoms with Crippen molar-refractivity contribution < 1.29 is 28.5 Å². The van der Waals surface area contributed by atoms with E-state index in [1.165, 1.54) is 47.0 Å². The van der Waals surface area contributed by atoms with E-state index in [1.54, 1.807) is 28.1 Å². The van der Waals surface area contributed by atoms with E-state index in [2.05, 4.69) is 6.07 Å². The average molecular weight is 523 g/mol. The molecular formula is C21H18N2O6S4. The van der Waals surface area contributed by atoms with Crippen LogP contribution in [0.25, 0.3) is 0 Å². The van der Waals surface area contributed by atoms with Gasteiger partial charge < -0.3 is 18.9 Å². The van der Waals surface area contributed by atoms with Crippen molar-refractivity contribution in [3.05, 3.63) is 9.81 Å². The quantitative estimate of drug-likeness (QED) is 0.302. The summed E-state index contributed by atoms with van der Waals surface area (Å²) in [6.07, 6.45) is 0. The third-order valence-electron chi connectivity index (χ3n) is 5.18. The largest absolute Gasteiger partial charge is 0.494 e. The third kappa shape index (κ3) is 3.55. The zero-order chi connectivity index (χ0) is 23.9. The van der Waals surface area contributed by atoms with Gasteiger partial charge in [0.15, 0.2) is 11.0 Å². The average Bonchev–Trinajstić information content (AvgIpc) is 3.25. The molecule has 1 saturated carbocycles. The molecule has 2 unspecified atom stereocenters. The molecule has 33 heavy (non-hydrogen) atoms. The predicted octanol–water partition coefficient (Wildman–Crippen LogP) is 4.22. The van der Waals surface area contributed by atoms with Crippen molar-refractivity contribution in [2.75, 3.05) is 27.4 Å². The summed E-state index contributed by atoms with van der Waals surface area (Å²) < 4.78 is 22.2. The maximum Gasteiger partial charge on any atom is 0.350 e. The number of rotatable bonds is 6. The molecule has 3 aliphatic rings. The number of thioether (sulfide) groups is 4. The van der Waals surface area contributed by atoms with Gasteiger partial charge in [0.1, 0.15) is 17.6 Å². The normalized spacial score (nSPS) is 23.8. The van der Waals surface area contributed by atoms with Gasteiger partial charge in [0.05, 0.1) is 67.8 Å². The Hall–Kier alpha value is -2.12. The lowest BCUT2D eigenvalue weighted by Crippen LogP contribution is -2.21. The Labute approximate surface area is 207 Å². The van der Waals surface area contributed by atoms with Crippen molar-refractivity contribution in [3.8, 4) is 23.6 Å². The number of fused-ring (bicyclic) bond motifs is 3. The summed E-state index contributed by atoms with van der Waals surface area (Å²) in [4.78, 5) is 27.9. The minimum atomic E-state index is -1.23. The van der Waals surface area contributed by atoms with Crippen molar-refractivity contribution in [2.24, 2.45) is 5.41 Å². The summed E-state index contributed by atoms with van der Waals surface area (Å²) in [5, 5.41) is 18.9. The molecule has 0 saturated heterocycles. The van der Waals surface area contributed by atoms with Gasteiger partial charge >= 0.3 is 11.9 Å². The van der Waals surface area contributed by atoms with Crippen molar-refractivity contribution >= 4 is 59.0 Å². The Morgan fingerprint density at radius 1 is 0.909 bits per heavy atom. The fraction of sp³-hybridized carbons (Fsp3) is 0.429. The van der Waals surface area contributed by atoms with Crippen molar-refractivity contribution in [2.45, 2.75) is 43.9 Å². The Kier molecular flexibility index (Phi) is 6.74. The summed E-state index contributed by atoms with van der Waals surface area (Å²) in [5.74, 6) is -0.0624. The van der Waals surface area contributed by atoms with E-state index in [-0.39, 0.29) is 29.3 Å². The molecule has 0 N–H and O–H groups in total. The molecule has 1 aromatic rings. The maximum atomic E-state index is 12.6. The van der Waals surface area contributed by atoms with Gasteiger partial charge in [0.25, 0.3) is 0 Å². The van der Waals surface area contributed by atoms with Gasteiger partial charge in [-0.3, -0.25) is 4.79 Å². The molecule has 0 bridgehead atoms. The van der Waals surface area contributed by atoms with Gasteiger partial charge in [-0.05, 0) is 13.8 Å². The molecule has 172 valence electrons. The Morgan fingerprint density at radius 3 is 1.82 bits per heavy atom. The number of hydrogen-bond acceptors (Lipinski definition) is 12. The first-order valence-corrected chi connectivity index (χ1v) is 13.2. The van der Waals surface area contributed by atoms with Crippen LogP contribution in [-0.4, -0.2) is 49.9 Å². The summed E-state index contributed by atoms with van der Waals surface area (Å²) >= 11 is 5.30. The van der Waals surface area contributed by atoms with Crippen LogP contribution in [0.15, 0.2) is 29.4 Å². The van der Waals surface area contributed by atoms with Crippen LogP contribution >= 0.6 is 47.0 Å². The van der Waals surface area contributed by atoms with Gasteiger partial charge in [-0.2, -0.15) is 10.5 Å². The lowest BCUT2D eigenvalue weighted by Gasteiger charge is -2.22. The molecule has 12 heteroatoms. The Bertz CT molecular complexity index is 1120. The van der Waals surface area contributed by atoms with E-state index in [4.69, 9.17) is 18.9 Å². The summed E-state index contributed by atoms with van der Waals surface area (Å²) in [6, 6.07) is 4.15. The van der Waals surface area contributed by atoms with Crippen LogP contribution in [0.5, 0.6) is 11.5 Å². The van der Waals surface area contributed by atoms with Crippen LogP contribution in [0.1, 0.15) is 13.8 Å². The van der Waals surface area contributed by atoms with E-state index in [0.717, 1.165) is 19.6 Å². The molecule has 4 rings (SSSR count). The number of hydrogen-bond donors (Lipinski definition) is 0. The molecule has 1 aliphatic carbocycles. The smallest absolute Gasteiger partial charge is 0.350 e. The Morgan fingerprint density at radius 2 is 1.42 bits per heavy atom. The van der Waals surface area contributed by atoms with Gasteiger partial charge in [-0.1, -0.05) is 23.5 Å². The molecule has 2 atom stereocenters. The molecule has 8 nitrogen and oxygen atoms in total. The molecule has 0 amide bonds. The van der Waals surface area contributed by atoms with Crippen LogP contribution in [0.3, 0.4) is 0 Å². The first-order chi connectivity index (χ1) is 15.9. The zero-order valence-electron chi connectivity index (χ0n) is 18.0. The maximum absolute atomic E-state index is 12.6. The SMILES string of the molecule is CCOC(=O)C(C#N)=C1Sc2c(OC)c3c(c(OC)c2S1)SC1C(S3)C1(C#N)C(=O)OCC. The first-order valence-electron chi connectivity index (χ1n) is 9.84. The number of benzene rings is 1. The number of nitriles is 2. The van der Waals surface area contributed by atoms with Crippen LogP contribution in [0.4, 0.5) is 0 Å². The number of carbonyl (C=O) groups is 2. The monoisotopic (exact) mass is 522 g/mol. The van der Waals surface area contributed by atoms with Crippen LogP contribution in [0, 0.1) is 28.1 Å². The molecule has 0 spiro atoms. The van der Waals surface area contributed by atoms with E-state index < -0.39 is 17.4 Å². The van der Waals surface area contributed by atoms with Crippen molar-refractivity contribution in [1.82, 2.24) is 0 Å². The van der Waals surface area contributed by atoms with E-state index in [9.17, 15) is 20.1 Å². The highest BCUT2D eigenvalue weighted by Crippen LogP contribution is 2.73. The first kappa shape index (κ1) is 24.0. The summed E-state index contributed by atoms with van der Waals surface area (Å²) in [5.41, 5.74) is -1.30. The van der Waals surface area contributed by atoms with Gasteiger partial charge in [0.2, 0.25) is 0 Å². The van der Waals surface area contributed by atoms with E-state index in [1.807, 2.05) is 6.07 Å². The highest BCUT2D eigenvalue weighted by molar-refractivity contribution is 8.25.